The highest BCUT2D eigenvalue weighted by Gasteiger charge is 2.16. The average Bonchev–Trinajstić information content (AvgIpc) is 3.31. The van der Waals surface area contributed by atoms with E-state index < -0.39 is 0 Å². The molecule has 1 atom stereocenters. The number of nitrogens with one attached hydrogen (secondary N) is 1. The maximum absolute atomic E-state index is 4.53. The number of nitrogens with zero attached hydrogens (tertiary/aromatic N) is 5. The van der Waals surface area contributed by atoms with Gasteiger partial charge in [0.25, 0.3) is 0 Å². The third-order valence-electron chi connectivity index (χ3n) is 5.11. The van der Waals surface area contributed by atoms with Gasteiger partial charge in [-0.2, -0.15) is 10.2 Å². The second kappa shape index (κ2) is 6.09. The summed E-state index contributed by atoms with van der Waals surface area (Å²) in [5, 5.41) is 12.1. The maximum Gasteiger partial charge on any atom is 0.137 e. The molecule has 0 spiro atoms. The molecule has 0 saturated heterocycles. The van der Waals surface area contributed by atoms with Crippen LogP contribution in [0.3, 0.4) is 0 Å². The van der Waals surface area contributed by atoms with Gasteiger partial charge in [-0.05, 0) is 30.5 Å². The summed E-state index contributed by atoms with van der Waals surface area (Å²) in [6.45, 7) is 2.24. The molecule has 134 valence electrons. The van der Waals surface area contributed by atoms with E-state index >= 15 is 0 Å². The van der Waals surface area contributed by atoms with Gasteiger partial charge in [0.1, 0.15) is 6.33 Å². The van der Waals surface area contributed by atoms with Crippen molar-refractivity contribution in [2.24, 2.45) is 13.0 Å². The van der Waals surface area contributed by atoms with E-state index in [4.69, 9.17) is 0 Å². The van der Waals surface area contributed by atoms with Crippen LogP contribution in [0, 0.1) is 5.92 Å². The molecule has 0 unspecified atom stereocenters. The topological polar surface area (TPSA) is 60.0 Å². The Labute approximate surface area is 157 Å². The lowest BCUT2D eigenvalue weighted by Crippen LogP contribution is -2.15. The minimum absolute atomic E-state index is 0.623. The van der Waals surface area contributed by atoms with Gasteiger partial charge < -0.3 is 5.32 Å². The summed E-state index contributed by atoms with van der Waals surface area (Å²) < 4.78 is 3.67. The number of aryl methyl sites for hydroxylation is 1. The Hall–Kier alpha value is -3.41. The maximum atomic E-state index is 4.53. The number of hydrogen-bond donors (Lipinski definition) is 1. The van der Waals surface area contributed by atoms with Crippen LogP contribution < -0.4 is 5.32 Å². The lowest BCUT2D eigenvalue weighted by atomic mass is 9.92. The Morgan fingerprint density at radius 3 is 2.56 bits per heavy atom. The van der Waals surface area contributed by atoms with Crippen LogP contribution in [0.2, 0.25) is 0 Å². The average molecular weight is 356 g/mol. The molecule has 0 amide bonds. The van der Waals surface area contributed by atoms with Crippen LogP contribution in [0.1, 0.15) is 13.3 Å². The van der Waals surface area contributed by atoms with Gasteiger partial charge in [0, 0.05) is 47.5 Å². The highest BCUT2D eigenvalue weighted by molar-refractivity contribution is 5.81. The largest absolute Gasteiger partial charge is 0.359 e. The van der Waals surface area contributed by atoms with Crippen LogP contribution in [0.25, 0.3) is 27.9 Å². The van der Waals surface area contributed by atoms with E-state index in [2.05, 4.69) is 63.8 Å². The molecule has 3 aromatic heterocycles. The van der Waals surface area contributed by atoms with Crippen molar-refractivity contribution in [2.45, 2.75) is 13.3 Å². The second-order valence-electron chi connectivity index (χ2n) is 7.07. The molecule has 4 aromatic rings. The van der Waals surface area contributed by atoms with Crippen LogP contribution in [0.5, 0.6) is 0 Å². The van der Waals surface area contributed by atoms with Crippen molar-refractivity contribution in [3.8, 4) is 22.4 Å². The summed E-state index contributed by atoms with van der Waals surface area (Å²) in [6.07, 6.45) is 10.9. The zero-order chi connectivity index (χ0) is 18.4. The van der Waals surface area contributed by atoms with Crippen molar-refractivity contribution in [2.75, 3.05) is 5.32 Å². The molecule has 0 saturated carbocycles. The summed E-state index contributed by atoms with van der Waals surface area (Å²) in [4.78, 5) is 4.53. The summed E-state index contributed by atoms with van der Waals surface area (Å²) in [5.74, 6) is 0.623. The van der Waals surface area contributed by atoms with Crippen LogP contribution in [0.15, 0.2) is 67.0 Å². The molecule has 27 heavy (non-hydrogen) atoms. The van der Waals surface area contributed by atoms with E-state index in [1.165, 1.54) is 5.70 Å². The first-order chi connectivity index (χ1) is 13.2. The molecule has 0 radical (unpaired) electrons. The number of fused-ring (bicyclic) bond motifs is 1. The van der Waals surface area contributed by atoms with Gasteiger partial charge >= 0.3 is 0 Å². The van der Waals surface area contributed by atoms with Gasteiger partial charge in [0.15, 0.2) is 0 Å². The smallest absolute Gasteiger partial charge is 0.137 e. The van der Waals surface area contributed by atoms with Crippen LogP contribution in [-0.4, -0.2) is 24.4 Å². The summed E-state index contributed by atoms with van der Waals surface area (Å²) in [5.41, 5.74) is 7.52. The first-order valence-electron chi connectivity index (χ1n) is 9.07. The minimum Gasteiger partial charge on any atom is -0.359 e. The third kappa shape index (κ3) is 2.79. The zero-order valence-electron chi connectivity index (χ0n) is 15.3. The first-order valence-corrected chi connectivity index (χ1v) is 9.07. The third-order valence-corrected chi connectivity index (χ3v) is 5.11. The van der Waals surface area contributed by atoms with E-state index in [-0.39, 0.29) is 0 Å². The lowest BCUT2D eigenvalue weighted by molar-refractivity contribution is 0.629. The summed E-state index contributed by atoms with van der Waals surface area (Å²) in [6, 6.07) is 10.5. The van der Waals surface area contributed by atoms with Crippen molar-refractivity contribution in [1.29, 1.82) is 0 Å². The Morgan fingerprint density at radius 2 is 1.89 bits per heavy atom. The van der Waals surface area contributed by atoms with Crippen molar-refractivity contribution >= 4 is 11.2 Å². The number of rotatable bonds is 4. The van der Waals surface area contributed by atoms with Gasteiger partial charge in [-0.15, -0.1) is 0 Å². The summed E-state index contributed by atoms with van der Waals surface area (Å²) >= 11 is 0. The number of hydrogen-bond acceptors (Lipinski definition) is 4. The molecule has 1 aromatic carbocycles. The number of benzene rings is 1. The predicted molar refractivity (Wildman–Crippen MR) is 106 cm³/mol. The number of anilines is 1. The fourth-order valence-corrected chi connectivity index (χ4v) is 3.40. The molecular formula is C21H20N6. The Bertz CT molecular complexity index is 1150. The normalized spacial score (nSPS) is 16.2. The molecular weight excluding hydrogens is 336 g/mol. The van der Waals surface area contributed by atoms with Crippen molar-refractivity contribution < 1.29 is 0 Å². The van der Waals surface area contributed by atoms with Crippen molar-refractivity contribution in [1.82, 2.24) is 24.4 Å². The molecule has 0 bridgehead atoms. The number of aromatic nitrogens is 5. The molecule has 6 heteroatoms. The quantitative estimate of drug-likeness (QED) is 0.597. The van der Waals surface area contributed by atoms with Gasteiger partial charge in [-0.25, -0.2) is 9.50 Å². The second-order valence-corrected chi connectivity index (χ2v) is 7.07. The fourth-order valence-electron chi connectivity index (χ4n) is 3.40. The van der Waals surface area contributed by atoms with E-state index in [1.54, 1.807) is 11.0 Å². The molecule has 6 nitrogen and oxygen atoms in total. The van der Waals surface area contributed by atoms with Gasteiger partial charge in [-0.3, -0.25) is 4.68 Å². The van der Waals surface area contributed by atoms with E-state index in [1.807, 2.05) is 30.2 Å². The molecule has 1 aliphatic carbocycles. The van der Waals surface area contributed by atoms with Gasteiger partial charge in [-0.1, -0.05) is 25.1 Å². The highest BCUT2D eigenvalue weighted by Crippen LogP contribution is 2.30. The Balaban J connectivity index is 1.50. The molecule has 0 aliphatic heterocycles. The first kappa shape index (κ1) is 15.8. The standard InChI is InChI=1S/C21H20N6/c1-14-3-8-19(14)25-18-6-4-15(5-7-18)21-20-9-16(12-27(20)24-13-22-21)17-10-23-26(2)11-17/h4-14,25H,3H2,1-2H3/t14-/m1/s1. The van der Waals surface area contributed by atoms with E-state index in [0.717, 1.165) is 40.0 Å². The SMILES string of the molecule is C[C@@H]1CC=C1Nc1ccc(-c2ncnn3cc(-c4cnn(C)c4)cc23)cc1. The van der Waals surface area contributed by atoms with Crippen LogP contribution in [0.4, 0.5) is 5.69 Å². The predicted octanol–water partition coefficient (Wildman–Crippen LogP) is 4.13. The molecule has 0 fully saturated rings. The zero-order valence-corrected chi connectivity index (χ0v) is 15.3. The monoisotopic (exact) mass is 356 g/mol. The van der Waals surface area contributed by atoms with E-state index in [9.17, 15) is 0 Å². The van der Waals surface area contributed by atoms with Crippen molar-refractivity contribution in [3.05, 3.63) is 67.0 Å². The van der Waals surface area contributed by atoms with Gasteiger partial charge in [0.05, 0.1) is 17.4 Å². The highest BCUT2D eigenvalue weighted by atomic mass is 15.2. The Morgan fingerprint density at radius 1 is 1.04 bits per heavy atom. The van der Waals surface area contributed by atoms with Crippen molar-refractivity contribution in [3.63, 3.8) is 0 Å². The molecule has 3 heterocycles. The van der Waals surface area contributed by atoms with E-state index in [0.29, 0.717) is 5.92 Å². The van der Waals surface area contributed by atoms with Crippen LogP contribution in [-0.2, 0) is 7.05 Å². The molecule has 1 N–H and O–H groups in total. The number of allylic oxidation sites excluding steroid dienone is 2. The molecule has 1 aliphatic rings. The molecule has 5 rings (SSSR count). The minimum atomic E-state index is 0.623. The fraction of sp³-hybridized carbons (Fsp3) is 0.190. The lowest BCUT2D eigenvalue weighted by Gasteiger charge is -2.24. The Kier molecular flexibility index (Phi) is 3.57. The van der Waals surface area contributed by atoms with Gasteiger partial charge in [0.2, 0.25) is 0 Å². The van der Waals surface area contributed by atoms with Crippen LogP contribution >= 0.6 is 0 Å². The summed E-state index contributed by atoms with van der Waals surface area (Å²) in [7, 11) is 1.92.